The van der Waals surface area contributed by atoms with Gasteiger partial charge in [0.2, 0.25) is 5.91 Å². The second kappa shape index (κ2) is 9.04. The van der Waals surface area contributed by atoms with Gasteiger partial charge in [-0.15, -0.1) is 16.8 Å². The van der Waals surface area contributed by atoms with Crippen molar-refractivity contribution in [3.05, 3.63) is 54.1 Å². The zero-order valence-electron chi connectivity index (χ0n) is 16.6. The average molecular weight is 415 g/mol. The molecule has 0 unspecified atom stereocenters. The minimum Gasteiger partial charge on any atom is -0.322 e. The number of halogens is 1. The highest BCUT2D eigenvalue weighted by atomic mass is 32.2. The molecule has 0 atom stereocenters. The van der Waals surface area contributed by atoms with Gasteiger partial charge in [-0.25, -0.2) is 4.39 Å². The number of allylic oxidation sites excluding steroid dienone is 1. The normalized spacial score (nSPS) is 10.9. The summed E-state index contributed by atoms with van der Waals surface area (Å²) >= 11 is 1.29. The van der Waals surface area contributed by atoms with Crippen LogP contribution in [0.3, 0.4) is 0 Å². The fourth-order valence-electron chi connectivity index (χ4n) is 2.99. The molecule has 0 spiro atoms. The van der Waals surface area contributed by atoms with Crippen LogP contribution in [0.25, 0.3) is 11.4 Å². The van der Waals surface area contributed by atoms with Gasteiger partial charge < -0.3 is 5.32 Å². The van der Waals surface area contributed by atoms with E-state index < -0.39 is 0 Å². The molecule has 0 radical (unpaired) electrons. The number of carbonyl (C=O) groups is 1. The largest absolute Gasteiger partial charge is 0.322 e. The number of carbonyl (C=O) groups excluding carboxylic acids is 1. The van der Waals surface area contributed by atoms with Crippen LogP contribution in [-0.4, -0.2) is 36.2 Å². The highest BCUT2D eigenvalue weighted by Crippen LogP contribution is 2.25. The summed E-state index contributed by atoms with van der Waals surface area (Å²) in [5.74, 6) is 0.318. The van der Waals surface area contributed by atoms with Crippen LogP contribution in [0.4, 0.5) is 10.1 Å². The number of thioether (sulfide) groups is 1. The summed E-state index contributed by atoms with van der Waals surface area (Å²) in [6.07, 6.45) is 1.73. The molecule has 0 aliphatic carbocycles. The predicted molar refractivity (Wildman–Crippen MR) is 112 cm³/mol. The number of nitrogens with one attached hydrogen (secondary N) is 1. The molecule has 2 aromatic heterocycles. The third-order valence-corrected chi connectivity index (χ3v) is 5.38. The van der Waals surface area contributed by atoms with Gasteiger partial charge in [0.15, 0.2) is 11.0 Å². The van der Waals surface area contributed by atoms with E-state index in [0.29, 0.717) is 17.5 Å². The molecule has 29 heavy (non-hydrogen) atoms. The lowest BCUT2D eigenvalue weighted by atomic mass is 10.2. The summed E-state index contributed by atoms with van der Waals surface area (Å²) in [6.45, 7) is 10.8. The molecule has 1 aromatic carbocycles. The molecule has 0 bridgehead atoms. The van der Waals surface area contributed by atoms with Crippen LogP contribution in [0.5, 0.6) is 0 Å². The Morgan fingerprint density at radius 3 is 2.62 bits per heavy atom. The van der Waals surface area contributed by atoms with Crippen LogP contribution in [-0.2, 0) is 17.9 Å². The Morgan fingerprint density at radius 1 is 1.28 bits per heavy atom. The Labute approximate surface area is 173 Å². The molecule has 3 aromatic rings. The van der Waals surface area contributed by atoms with Crippen molar-refractivity contribution in [2.45, 2.75) is 39.0 Å². The van der Waals surface area contributed by atoms with Crippen LogP contribution in [0.15, 0.2) is 42.1 Å². The molecule has 152 valence electrons. The maximum absolute atomic E-state index is 13.2. The van der Waals surface area contributed by atoms with Gasteiger partial charge in [-0.05, 0) is 45.0 Å². The molecule has 1 amide bonds. The Bertz CT molecular complexity index is 1020. The van der Waals surface area contributed by atoms with Crippen LogP contribution < -0.4 is 5.32 Å². The first-order valence-electron chi connectivity index (χ1n) is 9.21. The number of anilines is 1. The summed E-state index contributed by atoms with van der Waals surface area (Å²) in [4.78, 5) is 12.5. The quantitative estimate of drug-likeness (QED) is 0.448. The van der Waals surface area contributed by atoms with E-state index in [0.717, 1.165) is 29.2 Å². The smallest absolute Gasteiger partial charge is 0.234 e. The van der Waals surface area contributed by atoms with Gasteiger partial charge in [0.25, 0.3) is 0 Å². The van der Waals surface area contributed by atoms with Crippen LogP contribution in [0.2, 0.25) is 0 Å². The third-order valence-electron chi connectivity index (χ3n) is 4.41. The summed E-state index contributed by atoms with van der Waals surface area (Å²) in [6, 6.07) is 6.06. The molecule has 0 saturated carbocycles. The molecular weight excluding hydrogens is 391 g/mol. The summed E-state index contributed by atoms with van der Waals surface area (Å²) < 4.78 is 16.9. The van der Waals surface area contributed by atoms with Gasteiger partial charge in [0.05, 0.1) is 22.8 Å². The molecule has 9 heteroatoms. The lowest BCUT2D eigenvalue weighted by Crippen LogP contribution is -2.16. The second-order valence-corrected chi connectivity index (χ2v) is 7.35. The maximum atomic E-state index is 13.2. The van der Waals surface area contributed by atoms with Crippen LogP contribution in [0, 0.1) is 19.7 Å². The van der Waals surface area contributed by atoms with Crippen molar-refractivity contribution in [1.82, 2.24) is 24.5 Å². The molecule has 3 rings (SSSR count). The molecule has 0 fully saturated rings. The minimum atomic E-state index is -0.313. The predicted octanol–water partition coefficient (Wildman–Crippen LogP) is 3.83. The molecule has 7 nitrogen and oxygen atoms in total. The monoisotopic (exact) mass is 414 g/mol. The van der Waals surface area contributed by atoms with Gasteiger partial charge in [-0.1, -0.05) is 17.8 Å². The first-order chi connectivity index (χ1) is 13.9. The number of aryl methyl sites for hydroxylation is 2. The van der Waals surface area contributed by atoms with Gasteiger partial charge in [0, 0.05) is 18.7 Å². The fraction of sp³-hybridized carbons (Fsp3) is 0.300. The van der Waals surface area contributed by atoms with E-state index in [1.807, 2.05) is 30.0 Å². The summed E-state index contributed by atoms with van der Waals surface area (Å²) in [5.41, 5.74) is 3.21. The number of rotatable bonds is 8. The van der Waals surface area contributed by atoms with E-state index in [1.165, 1.54) is 23.9 Å². The van der Waals surface area contributed by atoms with Gasteiger partial charge >= 0.3 is 0 Å². The van der Waals surface area contributed by atoms with E-state index in [-0.39, 0.29) is 17.5 Å². The standard InChI is InChI=1S/C20H23FN6OS/c1-5-11-26-19(15-7-9-16(21)10-8-15)23-24-20(26)29-12-17(28)22-18-13(3)25-27(6-2)14(18)4/h5,7-10H,1,6,11-12H2,2-4H3,(H,22,28). The van der Waals surface area contributed by atoms with Crippen molar-refractivity contribution in [2.24, 2.45) is 0 Å². The van der Waals surface area contributed by atoms with Crippen molar-refractivity contribution >= 4 is 23.4 Å². The Hall–Kier alpha value is -2.94. The van der Waals surface area contributed by atoms with Crippen molar-refractivity contribution in [1.29, 1.82) is 0 Å². The third kappa shape index (κ3) is 4.56. The molecule has 0 saturated heterocycles. The lowest BCUT2D eigenvalue weighted by molar-refractivity contribution is -0.113. The van der Waals surface area contributed by atoms with Gasteiger partial charge in [0.1, 0.15) is 5.82 Å². The Balaban J connectivity index is 1.73. The molecule has 0 aliphatic rings. The van der Waals surface area contributed by atoms with Crippen molar-refractivity contribution in [2.75, 3.05) is 11.1 Å². The zero-order valence-corrected chi connectivity index (χ0v) is 17.5. The summed E-state index contributed by atoms with van der Waals surface area (Å²) in [5, 5.41) is 16.4. The van der Waals surface area contributed by atoms with E-state index in [9.17, 15) is 9.18 Å². The summed E-state index contributed by atoms with van der Waals surface area (Å²) in [7, 11) is 0. The van der Waals surface area contributed by atoms with E-state index >= 15 is 0 Å². The van der Waals surface area contributed by atoms with Gasteiger partial charge in [-0.2, -0.15) is 5.10 Å². The van der Waals surface area contributed by atoms with Crippen molar-refractivity contribution in [3.8, 4) is 11.4 Å². The SMILES string of the molecule is C=CCn1c(SCC(=O)Nc2c(C)nn(CC)c2C)nnc1-c1ccc(F)cc1. The van der Waals surface area contributed by atoms with Crippen molar-refractivity contribution < 1.29 is 9.18 Å². The van der Waals surface area contributed by atoms with Gasteiger partial charge in [-0.3, -0.25) is 14.0 Å². The molecule has 0 aliphatic heterocycles. The molecular formula is C20H23FN6OS. The second-order valence-electron chi connectivity index (χ2n) is 6.41. The fourth-order valence-corrected chi connectivity index (χ4v) is 3.74. The topological polar surface area (TPSA) is 77.6 Å². The Morgan fingerprint density at radius 2 is 2.00 bits per heavy atom. The van der Waals surface area contributed by atoms with Crippen LogP contribution in [0.1, 0.15) is 18.3 Å². The molecule has 2 heterocycles. The first kappa shape index (κ1) is 20.8. The van der Waals surface area contributed by atoms with E-state index in [4.69, 9.17) is 0 Å². The Kier molecular flexibility index (Phi) is 6.48. The van der Waals surface area contributed by atoms with Crippen molar-refractivity contribution in [3.63, 3.8) is 0 Å². The number of amides is 1. The maximum Gasteiger partial charge on any atom is 0.234 e. The highest BCUT2D eigenvalue weighted by Gasteiger charge is 2.17. The highest BCUT2D eigenvalue weighted by molar-refractivity contribution is 7.99. The van der Waals surface area contributed by atoms with E-state index in [2.05, 4.69) is 27.2 Å². The van der Waals surface area contributed by atoms with E-state index in [1.54, 1.807) is 18.2 Å². The zero-order chi connectivity index (χ0) is 21.0. The van der Waals surface area contributed by atoms with Crippen LogP contribution >= 0.6 is 11.8 Å². The lowest BCUT2D eigenvalue weighted by Gasteiger charge is -2.08. The number of benzene rings is 1. The number of nitrogens with zero attached hydrogens (tertiary/aromatic N) is 5. The molecule has 1 N–H and O–H groups in total. The number of hydrogen-bond acceptors (Lipinski definition) is 5. The first-order valence-corrected chi connectivity index (χ1v) is 10.2. The number of hydrogen-bond donors (Lipinski definition) is 1. The minimum absolute atomic E-state index is 0.145. The number of aromatic nitrogens is 5. The average Bonchev–Trinajstić information content (AvgIpc) is 3.23.